The van der Waals surface area contributed by atoms with Crippen LogP contribution in [0.3, 0.4) is 0 Å². The minimum absolute atomic E-state index is 0.196. The molecule has 0 radical (unpaired) electrons. The molecule has 134 valence electrons. The van der Waals surface area contributed by atoms with Crippen molar-refractivity contribution in [1.82, 2.24) is 14.7 Å². The number of para-hydroxylation sites is 1. The molecule has 0 spiro atoms. The van der Waals surface area contributed by atoms with E-state index in [-0.39, 0.29) is 5.91 Å². The summed E-state index contributed by atoms with van der Waals surface area (Å²) >= 11 is 8.00. The number of halogens is 1. The van der Waals surface area contributed by atoms with Crippen molar-refractivity contribution in [3.05, 3.63) is 51.6 Å². The maximum absolute atomic E-state index is 12.4. The molecule has 0 unspecified atom stereocenters. The Morgan fingerprint density at radius 3 is 2.62 bits per heavy atom. The largest absolute Gasteiger partial charge is 0.351 e. The van der Waals surface area contributed by atoms with Gasteiger partial charge in [0.2, 0.25) is 0 Å². The van der Waals surface area contributed by atoms with Crippen molar-refractivity contribution in [2.75, 3.05) is 13.1 Å². The van der Waals surface area contributed by atoms with Gasteiger partial charge in [-0.3, -0.25) is 4.79 Å². The van der Waals surface area contributed by atoms with Gasteiger partial charge in [-0.25, -0.2) is 4.68 Å². The third kappa shape index (κ3) is 3.31. The first-order chi connectivity index (χ1) is 12.6. The summed E-state index contributed by atoms with van der Waals surface area (Å²) in [5.41, 5.74) is 2.44. The number of piperidine rings is 1. The molecule has 0 saturated carbocycles. The third-order valence-corrected chi connectivity index (χ3v) is 5.97. The number of aryl methyl sites for hydroxylation is 1. The lowest BCUT2D eigenvalue weighted by Gasteiger charge is -2.27. The number of nitrogens with zero attached hydrogens (tertiary/aromatic N) is 4. The van der Waals surface area contributed by atoms with E-state index in [0.29, 0.717) is 10.1 Å². The van der Waals surface area contributed by atoms with Crippen LogP contribution in [0.2, 0.25) is 5.15 Å². The highest BCUT2D eigenvalue weighted by atomic mass is 35.5. The van der Waals surface area contributed by atoms with Crippen LogP contribution in [0, 0.1) is 6.92 Å². The second-order valence-corrected chi connectivity index (χ2v) is 7.76. The molecule has 1 saturated heterocycles. The molecule has 1 aromatic carbocycles. The number of rotatable bonds is 2. The monoisotopic (exact) mass is 386 g/mol. The Morgan fingerprint density at radius 2 is 1.88 bits per heavy atom. The molecule has 2 aliphatic rings. The highest BCUT2D eigenvalue weighted by Crippen LogP contribution is 2.34. The van der Waals surface area contributed by atoms with E-state index in [1.54, 1.807) is 4.68 Å². The summed E-state index contributed by atoms with van der Waals surface area (Å²) < 4.78 is 1.69. The van der Waals surface area contributed by atoms with Crippen LogP contribution in [0.25, 0.3) is 11.8 Å². The molecule has 0 atom stereocenters. The zero-order valence-electron chi connectivity index (χ0n) is 14.5. The van der Waals surface area contributed by atoms with E-state index in [9.17, 15) is 4.79 Å². The zero-order valence-corrected chi connectivity index (χ0v) is 16.1. The van der Waals surface area contributed by atoms with Gasteiger partial charge in [-0.15, -0.1) is 0 Å². The van der Waals surface area contributed by atoms with Crippen LogP contribution in [0.5, 0.6) is 0 Å². The molecule has 1 aromatic heterocycles. The Kier molecular flexibility index (Phi) is 4.87. The van der Waals surface area contributed by atoms with Crippen molar-refractivity contribution < 1.29 is 4.79 Å². The second-order valence-electron chi connectivity index (χ2n) is 6.40. The van der Waals surface area contributed by atoms with E-state index in [4.69, 9.17) is 11.6 Å². The van der Waals surface area contributed by atoms with Gasteiger partial charge in [0.25, 0.3) is 5.91 Å². The Hall–Kier alpha value is -2.05. The number of thioether (sulfide) groups is 1. The fourth-order valence-corrected chi connectivity index (χ4v) is 4.44. The SMILES string of the molecule is Cc1nn(-c2ccccc2)c(Cl)c1/C=C1\SC(N2CCCCC2)=NC1=O. The van der Waals surface area contributed by atoms with Crippen LogP contribution in [0.4, 0.5) is 0 Å². The first-order valence-electron chi connectivity index (χ1n) is 8.71. The topological polar surface area (TPSA) is 50.5 Å². The lowest BCUT2D eigenvalue weighted by molar-refractivity contribution is -0.113. The fourth-order valence-electron chi connectivity index (χ4n) is 3.16. The number of hydrogen-bond acceptors (Lipinski definition) is 4. The molecule has 1 amide bonds. The normalized spacial score (nSPS) is 19.3. The van der Waals surface area contributed by atoms with E-state index in [1.807, 2.05) is 43.3 Å². The van der Waals surface area contributed by atoms with E-state index in [2.05, 4.69) is 15.0 Å². The highest BCUT2D eigenvalue weighted by molar-refractivity contribution is 8.18. The summed E-state index contributed by atoms with van der Waals surface area (Å²) in [6, 6.07) is 9.72. The van der Waals surface area contributed by atoms with Gasteiger partial charge in [0.05, 0.1) is 16.3 Å². The predicted molar refractivity (Wildman–Crippen MR) is 107 cm³/mol. The minimum Gasteiger partial charge on any atom is -0.351 e. The number of likely N-dealkylation sites (tertiary alicyclic amines) is 1. The fraction of sp³-hybridized carbons (Fsp3) is 0.316. The van der Waals surface area contributed by atoms with Crippen molar-refractivity contribution in [1.29, 1.82) is 0 Å². The van der Waals surface area contributed by atoms with E-state index in [1.165, 1.54) is 18.2 Å². The number of hydrogen-bond donors (Lipinski definition) is 0. The number of aromatic nitrogens is 2. The standard InChI is InChI=1S/C19H19ClN4OS/c1-13-15(17(20)24(22-13)14-8-4-2-5-9-14)12-16-18(25)21-19(26-16)23-10-6-3-7-11-23/h2,4-5,8-9,12H,3,6-7,10-11H2,1H3/b16-12-. The van der Waals surface area contributed by atoms with Crippen LogP contribution in [-0.4, -0.2) is 38.8 Å². The van der Waals surface area contributed by atoms with E-state index in [0.717, 1.165) is 48.0 Å². The summed E-state index contributed by atoms with van der Waals surface area (Å²) in [5.74, 6) is -0.196. The van der Waals surface area contributed by atoms with Crippen molar-refractivity contribution in [3.8, 4) is 5.69 Å². The van der Waals surface area contributed by atoms with Gasteiger partial charge >= 0.3 is 0 Å². The maximum Gasteiger partial charge on any atom is 0.286 e. The van der Waals surface area contributed by atoms with Gasteiger partial charge in [0.15, 0.2) is 5.17 Å². The second kappa shape index (κ2) is 7.29. The van der Waals surface area contributed by atoms with Crippen LogP contribution < -0.4 is 0 Å². The Balaban J connectivity index is 1.61. The van der Waals surface area contributed by atoms with Crippen LogP contribution >= 0.6 is 23.4 Å². The highest BCUT2D eigenvalue weighted by Gasteiger charge is 2.28. The van der Waals surface area contributed by atoms with Crippen molar-refractivity contribution in [2.24, 2.45) is 4.99 Å². The molecule has 0 bridgehead atoms. The average molecular weight is 387 g/mol. The smallest absolute Gasteiger partial charge is 0.286 e. The molecule has 2 aromatic rings. The van der Waals surface area contributed by atoms with Gasteiger partial charge in [-0.1, -0.05) is 29.8 Å². The minimum atomic E-state index is -0.196. The van der Waals surface area contributed by atoms with Crippen LogP contribution in [-0.2, 0) is 4.79 Å². The van der Waals surface area contributed by atoms with E-state index < -0.39 is 0 Å². The molecular formula is C19H19ClN4OS. The average Bonchev–Trinajstić information content (AvgIpc) is 3.18. The van der Waals surface area contributed by atoms with Crippen LogP contribution in [0.1, 0.15) is 30.5 Å². The van der Waals surface area contributed by atoms with Crippen LogP contribution in [0.15, 0.2) is 40.2 Å². The van der Waals surface area contributed by atoms with Gasteiger partial charge in [0.1, 0.15) is 5.15 Å². The summed E-state index contributed by atoms with van der Waals surface area (Å²) in [4.78, 5) is 19.4. The lowest BCUT2D eigenvalue weighted by atomic mass is 10.1. The molecule has 3 heterocycles. The molecular weight excluding hydrogens is 368 g/mol. The quantitative estimate of drug-likeness (QED) is 0.722. The van der Waals surface area contributed by atoms with Crippen molar-refractivity contribution in [2.45, 2.75) is 26.2 Å². The molecule has 0 N–H and O–H groups in total. The summed E-state index contributed by atoms with van der Waals surface area (Å²) in [6.45, 7) is 3.84. The van der Waals surface area contributed by atoms with Gasteiger partial charge in [-0.05, 0) is 56.2 Å². The summed E-state index contributed by atoms with van der Waals surface area (Å²) in [7, 11) is 0. The summed E-state index contributed by atoms with van der Waals surface area (Å²) in [6.07, 6.45) is 5.37. The number of benzene rings is 1. The van der Waals surface area contributed by atoms with Gasteiger partial charge < -0.3 is 4.90 Å². The Morgan fingerprint density at radius 1 is 1.15 bits per heavy atom. The molecule has 1 fully saturated rings. The lowest BCUT2D eigenvalue weighted by Crippen LogP contribution is -2.33. The summed E-state index contributed by atoms with van der Waals surface area (Å²) in [5, 5.41) is 5.84. The first kappa shape index (κ1) is 17.4. The molecule has 0 aliphatic carbocycles. The number of carbonyl (C=O) groups excluding carboxylic acids is 1. The number of amidine groups is 1. The van der Waals surface area contributed by atoms with E-state index >= 15 is 0 Å². The number of aliphatic imine (C=N–C) groups is 1. The molecule has 4 rings (SSSR count). The molecule has 2 aliphatic heterocycles. The van der Waals surface area contributed by atoms with Crippen molar-refractivity contribution >= 4 is 40.5 Å². The predicted octanol–water partition coefficient (Wildman–Crippen LogP) is 4.29. The third-order valence-electron chi connectivity index (χ3n) is 4.56. The van der Waals surface area contributed by atoms with Gasteiger partial charge in [-0.2, -0.15) is 10.1 Å². The zero-order chi connectivity index (χ0) is 18.1. The first-order valence-corrected chi connectivity index (χ1v) is 9.91. The van der Waals surface area contributed by atoms with Gasteiger partial charge in [0, 0.05) is 18.7 Å². The number of amides is 1. The Bertz CT molecular complexity index is 898. The molecule has 5 nitrogen and oxygen atoms in total. The van der Waals surface area contributed by atoms with Crippen molar-refractivity contribution in [3.63, 3.8) is 0 Å². The maximum atomic E-state index is 12.4. The number of carbonyl (C=O) groups is 1. The molecule has 26 heavy (non-hydrogen) atoms. The Labute approximate surface area is 161 Å². The molecule has 7 heteroatoms.